The van der Waals surface area contributed by atoms with Crippen molar-refractivity contribution in [3.8, 4) is 0 Å². The molecule has 24 heteroatoms. The van der Waals surface area contributed by atoms with Gasteiger partial charge in [0.2, 0.25) is 11.8 Å². The van der Waals surface area contributed by atoms with Crippen LogP contribution in [-0.4, -0.2) is 166 Å². The van der Waals surface area contributed by atoms with Crippen molar-refractivity contribution in [2.24, 2.45) is 225 Å². The third-order valence-electron chi connectivity index (χ3n) is 39.7. The van der Waals surface area contributed by atoms with E-state index in [1.165, 1.54) is 121 Å². The third-order valence-corrected chi connectivity index (χ3v) is 39.7. The Hall–Kier alpha value is -6.24. The summed E-state index contributed by atoms with van der Waals surface area (Å²) in [7, 11) is 4.64. The highest BCUT2D eigenvalue weighted by molar-refractivity contribution is 6.04. The molecule has 3 heterocycles. The third kappa shape index (κ3) is 27.6. The van der Waals surface area contributed by atoms with Crippen LogP contribution < -0.4 is 0 Å². The lowest BCUT2D eigenvalue weighted by Gasteiger charge is -2.45. The van der Waals surface area contributed by atoms with Gasteiger partial charge in [-0.15, -0.1) is 0 Å². The number of rotatable bonds is 22. The van der Waals surface area contributed by atoms with E-state index < -0.39 is 17.7 Å². The molecule has 136 heavy (non-hydrogen) atoms. The van der Waals surface area contributed by atoms with Gasteiger partial charge in [-0.3, -0.25) is 38.5 Å². The van der Waals surface area contributed by atoms with Crippen LogP contribution in [0.4, 0.5) is 0 Å². The van der Waals surface area contributed by atoms with Gasteiger partial charge in [-0.1, -0.05) is 125 Å². The van der Waals surface area contributed by atoms with Crippen LogP contribution in [0.15, 0.2) is 35.5 Å². The molecule has 0 radical (unpaired) electrons. The second kappa shape index (κ2) is 49.6. The number of imide groups is 1. The largest absolute Gasteiger partial charge is 0.501 e. The van der Waals surface area contributed by atoms with Crippen molar-refractivity contribution >= 4 is 59.4 Å². The first-order valence-corrected chi connectivity index (χ1v) is 53.4. The van der Waals surface area contributed by atoms with E-state index in [0.717, 1.165) is 192 Å². The maximum absolute atomic E-state index is 12.4. The van der Waals surface area contributed by atoms with E-state index in [1.807, 2.05) is 13.8 Å². The van der Waals surface area contributed by atoms with E-state index >= 15 is 0 Å². The predicted octanol–water partition coefficient (Wildman–Crippen LogP) is 19.9. The van der Waals surface area contributed by atoms with Crippen molar-refractivity contribution in [3.63, 3.8) is 0 Å². The number of hydrogen-bond donors (Lipinski definition) is 2. The summed E-state index contributed by atoms with van der Waals surface area (Å²) in [5, 5.41) is 18.6. The van der Waals surface area contributed by atoms with E-state index in [2.05, 4.69) is 102 Å². The minimum absolute atomic E-state index is 0.0381. The summed E-state index contributed by atoms with van der Waals surface area (Å²) in [5.41, 5.74) is 0. The van der Waals surface area contributed by atoms with Crippen LogP contribution in [0.1, 0.15) is 295 Å². The molecule has 2 N–H and O–H groups in total. The lowest BCUT2D eigenvalue weighted by molar-refractivity contribution is -0.320. The molecule has 0 spiro atoms. The topological polar surface area (TPSA) is 316 Å². The minimum Gasteiger partial charge on any atom is -0.501 e. The van der Waals surface area contributed by atoms with Crippen molar-refractivity contribution in [1.82, 2.24) is 4.90 Å². The Balaban J connectivity index is 0.000000161. The van der Waals surface area contributed by atoms with E-state index in [4.69, 9.17) is 52.5 Å². The number of aliphatic hydroxyl groups excluding tert-OH is 2. The van der Waals surface area contributed by atoms with Crippen molar-refractivity contribution in [2.45, 2.75) is 319 Å². The molecule has 18 rings (SSSR count). The Morgan fingerprint density at radius 3 is 0.912 bits per heavy atom. The summed E-state index contributed by atoms with van der Waals surface area (Å²) >= 11 is 0. The number of cyclic esters (lactones) is 2. The number of carbonyl (C=O) groups excluding carboxylic acids is 10. The van der Waals surface area contributed by atoms with Gasteiger partial charge in [-0.2, -0.15) is 0 Å². The highest BCUT2D eigenvalue weighted by atomic mass is 16.7. The van der Waals surface area contributed by atoms with Gasteiger partial charge in [0, 0.05) is 31.9 Å². The molecule has 41 unspecified atom stereocenters. The zero-order valence-electron chi connectivity index (χ0n) is 88.4. The van der Waals surface area contributed by atoms with Crippen LogP contribution in [0.5, 0.6) is 0 Å². The molecule has 3 aliphatic heterocycles. The number of hydrogen-bond acceptors (Lipinski definition) is 23. The van der Waals surface area contributed by atoms with Crippen molar-refractivity contribution < 1.29 is 110 Å². The van der Waals surface area contributed by atoms with Gasteiger partial charge in [0.05, 0.1) is 120 Å². The SMILES string of the molecule is CC(=O)CC(=O)OCC1CC2CC1C(C)C2C.CC1C(=O)N(C)C(=O)C1C.CC1C(=O)OC(=O)C1C.CC1C2CC(CO)C(C2)C1C.CC1C2CC(COC(=O)CC3(C)OC4CCCC(C4)O3)C(C2)C1C.CC1C2CC(O)C(C2)C1C.CCO/C(C)=C/C(=O)OCC1CC2CC1C(C)C2C.CO/C(C)=C/C(=O)OCC1CC2CC1C(C)C2C.CO/C(C)=C/C(=O)OCC1CC2CC1C(C)C2C. The first-order valence-electron chi connectivity index (χ1n) is 53.4. The van der Waals surface area contributed by atoms with E-state index in [-0.39, 0.29) is 102 Å². The van der Waals surface area contributed by atoms with Crippen molar-refractivity contribution in [3.05, 3.63) is 35.5 Å². The average molecular weight is 1910 g/mol. The zero-order chi connectivity index (χ0) is 100. The zero-order valence-corrected chi connectivity index (χ0v) is 88.4. The van der Waals surface area contributed by atoms with E-state index in [1.54, 1.807) is 62.7 Å². The fourth-order valence-corrected chi connectivity index (χ4v) is 29.2. The van der Waals surface area contributed by atoms with Crippen LogP contribution in [0.2, 0.25) is 0 Å². The Bertz CT molecular complexity index is 3960. The van der Waals surface area contributed by atoms with Gasteiger partial charge in [-0.05, 0) is 352 Å². The molecule has 0 aromatic heterocycles. The number of likely N-dealkylation sites (tertiary alicyclic amines) is 1. The van der Waals surface area contributed by atoms with Crippen LogP contribution >= 0.6 is 0 Å². The fourth-order valence-electron chi connectivity index (χ4n) is 29.2. The number of amides is 2. The number of nitrogens with zero attached hydrogens (tertiary/aromatic N) is 1. The Morgan fingerprint density at radius 1 is 0.375 bits per heavy atom. The van der Waals surface area contributed by atoms with Crippen LogP contribution in [-0.2, 0) is 100 Å². The van der Waals surface area contributed by atoms with Crippen molar-refractivity contribution in [1.29, 1.82) is 0 Å². The quantitative estimate of drug-likeness (QED) is 0.0254. The fraction of sp³-hybridized carbons (Fsp3) is 0.857. The summed E-state index contributed by atoms with van der Waals surface area (Å²) in [6.07, 6.45) is 27.1. The number of fused-ring (bicyclic) bond motifs is 16. The van der Waals surface area contributed by atoms with Gasteiger partial charge in [0.15, 0.2) is 5.79 Å². The molecule has 24 nitrogen and oxygen atoms in total. The van der Waals surface area contributed by atoms with Gasteiger partial charge >= 0.3 is 41.8 Å². The van der Waals surface area contributed by atoms with Crippen LogP contribution in [0.3, 0.4) is 0 Å². The molecule has 15 aliphatic carbocycles. The standard InChI is InChI=1S/C20H32O4.C16H26O3.2C15H24O3.C14H22O3.C10H18O.C9H16O.C7H11NO2.C6H8O3/c1-12-13(2)18-8-14(12)7-15(18)11-22-19(21)10-20(3)23-16-5-4-6-17(9-16)24-20;1-5-18-10(2)6-16(17)19-9-14-7-13-8-15(14)12(4)11(13)3;2*1-9(17-4)5-15(16)18-8-13-6-12-7-14(13)11(3)10(12)2;1-8(15)4-14(16)17-7-12-5-11-6-13(12)10(3)9(11)2;1-6-7(2)10-4-8(6)3-9(10)5-11;1-5-6(2)8-3-7(5)4-9(8)10;1-4-5(2)7(10)8(3)6(4)9;1-3-4(2)6(8)9-5(3)7/h12-18H,4-11H2,1-3H3;6,11-15H,5,7-9H2,1-4H3;2*5,10-14H,6-8H2,1-4H3;9-13H,4-7H2,1-3H3;6-11H,3-5H2,1-2H3;5-10H,3-4H2,1-2H3;4-5H,1-3H3;3-4H,1-2H3/b;10-6+;2*9-5+;;;;;. The number of methoxy groups -OCH3 is 2. The molecule has 2 amide bonds. The number of Topliss-reactive ketones (excluding diaryl/α,β-unsaturated/α-hetero) is 1. The van der Waals surface area contributed by atoms with E-state index in [9.17, 15) is 53.1 Å². The van der Waals surface area contributed by atoms with Crippen LogP contribution in [0, 0.1) is 225 Å². The minimum atomic E-state index is -0.790. The summed E-state index contributed by atoms with van der Waals surface area (Å²) < 4.78 is 58.4. The molecule has 41 atom stereocenters. The molecule has 18 aliphatic rings. The smallest absolute Gasteiger partial charge is 0.334 e. The lowest BCUT2D eigenvalue weighted by atomic mass is 9.76. The number of ketones is 1. The Morgan fingerprint density at radius 2 is 0.662 bits per heavy atom. The van der Waals surface area contributed by atoms with E-state index in [0.29, 0.717) is 105 Å². The number of ether oxygens (including phenoxy) is 11. The van der Waals surface area contributed by atoms with Gasteiger partial charge in [0.25, 0.3) is 0 Å². The number of carbonyl (C=O) groups is 10. The summed E-state index contributed by atoms with van der Waals surface area (Å²) in [6, 6.07) is 0. The molecule has 0 aromatic carbocycles. The molecule has 3 saturated heterocycles. The summed E-state index contributed by atoms with van der Waals surface area (Å²) in [5.74, 6) is 24.0. The van der Waals surface area contributed by atoms with Gasteiger partial charge in [0.1, 0.15) is 18.0 Å². The second-order valence-corrected chi connectivity index (χ2v) is 46.9. The molecular formula is C112H181NO23. The Kier molecular flexibility index (Phi) is 40.8. The second-order valence-electron chi connectivity index (χ2n) is 46.9. The number of esters is 7. The predicted molar refractivity (Wildman–Crippen MR) is 520 cm³/mol. The molecular weight excluding hydrogens is 1730 g/mol. The molecule has 15 saturated carbocycles. The average Bonchev–Trinajstić information content (AvgIpc) is 1.64. The molecule has 0 aromatic rings. The summed E-state index contributed by atoms with van der Waals surface area (Å²) in [6.45, 7) is 54.2. The summed E-state index contributed by atoms with van der Waals surface area (Å²) in [4.78, 5) is 114. The van der Waals surface area contributed by atoms with Crippen LogP contribution in [0.25, 0.3) is 0 Å². The maximum Gasteiger partial charge on any atom is 0.334 e. The Labute approximate surface area is 816 Å². The van der Waals surface area contributed by atoms with Crippen molar-refractivity contribution in [2.75, 3.05) is 67.5 Å². The molecule has 772 valence electrons. The normalized spacial score (nSPS) is 42.9. The molecule has 16 bridgehead atoms. The lowest BCUT2D eigenvalue weighted by Crippen LogP contribution is -2.49. The number of allylic oxidation sites excluding steroid dienone is 3. The number of aliphatic hydroxyl groups is 2. The molecule has 18 fully saturated rings. The highest BCUT2D eigenvalue weighted by Gasteiger charge is 2.56. The first-order chi connectivity index (χ1) is 64.1. The van der Waals surface area contributed by atoms with Gasteiger partial charge in [-0.25, -0.2) is 14.4 Å². The van der Waals surface area contributed by atoms with Gasteiger partial charge < -0.3 is 62.3 Å². The monoisotopic (exact) mass is 1910 g/mol. The maximum atomic E-state index is 12.4. The highest BCUT2D eigenvalue weighted by Crippen LogP contribution is 2.61. The first kappa shape index (κ1) is 112.